The van der Waals surface area contributed by atoms with Crippen LogP contribution in [0.1, 0.15) is 47.3 Å². The zero-order valence-electron chi connectivity index (χ0n) is 21.2. The normalized spacial score (nSPS) is 15.1. The molecular formula is C28H30F3N7. The molecule has 2 N–H and O–H groups in total. The van der Waals surface area contributed by atoms with Crippen molar-refractivity contribution >= 4 is 16.6 Å². The lowest BCUT2D eigenvalue weighted by Gasteiger charge is -2.33. The molecule has 0 atom stereocenters. The van der Waals surface area contributed by atoms with Crippen LogP contribution in [0.25, 0.3) is 10.9 Å². The predicted molar refractivity (Wildman–Crippen MR) is 140 cm³/mol. The van der Waals surface area contributed by atoms with Crippen LogP contribution in [-0.4, -0.2) is 50.0 Å². The van der Waals surface area contributed by atoms with Gasteiger partial charge in [0, 0.05) is 72.3 Å². The topological polar surface area (TPSA) is 85.6 Å². The fraction of sp³-hybridized carbons (Fsp3) is 0.393. The number of benzene rings is 1. The lowest BCUT2D eigenvalue weighted by atomic mass is 10.0. The second kappa shape index (κ2) is 10.9. The minimum Gasteiger partial charge on any atom is -0.382 e. The number of aryl methyl sites for hydroxylation is 2. The number of likely N-dealkylation sites (tertiary alicyclic amines) is 1. The molecule has 0 saturated carbocycles. The molecule has 1 saturated heterocycles. The monoisotopic (exact) mass is 521 g/mol. The average molecular weight is 522 g/mol. The Morgan fingerprint density at radius 1 is 1.16 bits per heavy atom. The number of rotatable bonds is 8. The summed E-state index contributed by atoms with van der Waals surface area (Å²) in [6, 6.07) is 12.4. The molecule has 1 aliphatic rings. The van der Waals surface area contributed by atoms with Crippen LogP contribution in [0, 0.1) is 18.3 Å². The number of hydrogen-bond acceptors (Lipinski definition) is 5. The van der Waals surface area contributed by atoms with E-state index in [1.807, 2.05) is 22.9 Å². The highest BCUT2D eigenvalue weighted by Crippen LogP contribution is 2.28. The molecule has 3 aromatic heterocycles. The van der Waals surface area contributed by atoms with E-state index in [0.717, 1.165) is 54.6 Å². The van der Waals surface area contributed by atoms with Crippen LogP contribution in [0.5, 0.6) is 0 Å². The predicted octanol–water partition coefficient (Wildman–Crippen LogP) is 5.56. The van der Waals surface area contributed by atoms with Crippen LogP contribution < -0.4 is 5.32 Å². The standard InChI is InChI=1S/C28H30F3N7/c1-19-21(2-3-27-26(19)13-25(14-32)38(27)17-20-15-34-35-16-20)18-37-10-6-22(7-11-37)36-24-5-9-33-23(12-24)4-8-28(29,30)31/h2-3,5,9,12-13,15-16,22H,4,6-8,10-11,17-18H2,1H3,(H,33,36)(H,34,35). The molecule has 38 heavy (non-hydrogen) atoms. The Hall–Kier alpha value is -3.84. The van der Waals surface area contributed by atoms with E-state index in [1.54, 1.807) is 18.5 Å². The summed E-state index contributed by atoms with van der Waals surface area (Å²) in [5.74, 6) is 0. The summed E-state index contributed by atoms with van der Waals surface area (Å²) in [4.78, 5) is 6.52. The van der Waals surface area contributed by atoms with E-state index < -0.39 is 12.6 Å². The maximum Gasteiger partial charge on any atom is 0.389 e. The number of halogens is 3. The van der Waals surface area contributed by atoms with Gasteiger partial charge in [-0.15, -0.1) is 0 Å². The number of piperidine rings is 1. The van der Waals surface area contributed by atoms with E-state index >= 15 is 0 Å². The lowest BCUT2D eigenvalue weighted by molar-refractivity contribution is -0.134. The molecule has 1 aromatic carbocycles. The van der Waals surface area contributed by atoms with Crippen molar-refractivity contribution in [1.82, 2.24) is 24.6 Å². The molecule has 198 valence electrons. The molecule has 4 aromatic rings. The summed E-state index contributed by atoms with van der Waals surface area (Å²) in [6.07, 6.45) is 1.93. The molecule has 7 nitrogen and oxygen atoms in total. The van der Waals surface area contributed by atoms with E-state index in [0.29, 0.717) is 17.9 Å². The Morgan fingerprint density at radius 3 is 2.68 bits per heavy atom. The van der Waals surface area contributed by atoms with Gasteiger partial charge in [0.1, 0.15) is 11.8 Å². The Bertz CT molecular complexity index is 1430. The van der Waals surface area contributed by atoms with Crippen molar-refractivity contribution in [2.45, 2.75) is 57.9 Å². The molecule has 0 unspecified atom stereocenters. The van der Waals surface area contributed by atoms with Crippen LogP contribution in [0.3, 0.4) is 0 Å². The van der Waals surface area contributed by atoms with Gasteiger partial charge in [-0.1, -0.05) is 6.07 Å². The number of H-pyrrole nitrogens is 1. The van der Waals surface area contributed by atoms with Crippen LogP contribution in [0.15, 0.2) is 48.9 Å². The van der Waals surface area contributed by atoms with Gasteiger partial charge in [0.05, 0.1) is 12.7 Å². The van der Waals surface area contributed by atoms with E-state index in [9.17, 15) is 18.4 Å². The minimum absolute atomic E-state index is 0.107. The summed E-state index contributed by atoms with van der Waals surface area (Å²) >= 11 is 0. The van der Waals surface area contributed by atoms with Gasteiger partial charge in [-0.3, -0.25) is 15.0 Å². The number of alkyl halides is 3. The maximum absolute atomic E-state index is 12.5. The fourth-order valence-electron chi connectivity index (χ4n) is 5.19. The number of aromatic amines is 1. The van der Waals surface area contributed by atoms with E-state index in [1.165, 1.54) is 11.1 Å². The Kier molecular flexibility index (Phi) is 7.38. The van der Waals surface area contributed by atoms with Crippen molar-refractivity contribution in [3.05, 3.63) is 77.0 Å². The quantitative estimate of drug-likeness (QED) is 0.317. The second-order valence-electron chi connectivity index (χ2n) is 9.96. The third-order valence-electron chi connectivity index (χ3n) is 7.31. The van der Waals surface area contributed by atoms with Crippen LogP contribution >= 0.6 is 0 Å². The van der Waals surface area contributed by atoms with E-state index in [4.69, 9.17) is 0 Å². The highest BCUT2D eigenvalue weighted by Gasteiger charge is 2.27. The highest BCUT2D eigenvalue weighted by atomic mass is 19.4. The largest absolute Gasteiger partial charge is 0.389 e. The van der Waals surface area contributed by atoms with Gasteiger partial charge in [-0.25, -0.2) is 0 Å². The van der Waals surface area contributed by atoms with Gasteiger partial charge in [-0.2, -0.15) is 23.5 Å². The van der Waals surface area contributed by atoms with Gasteiger partial charge in [0.25, 0.3) is 0 Å². The number of hydrogen-bond donors (Lipinski definition) is 2. The highest BCUT2D eigenvalue weighted by molar-refractivity contribution is 5.86. The number of nitriles is 1. The smallest absolute Gasteiger partial charge is 0.382 e. The van der Waals surface area contributed by atoms with Crippen molar-refractivity contribution in [1.29, 1.82) is 5.26 Å². The first-order valence-corrected chi connectivity index (χ1v) is 12.8. The lowest BCUT2D eigenvalue weighted by Crippen LogP contribution is -2.38. The Balaban J connectivity index is 1.20. The first-order valence-electron chi connectivity index (χ1n) is 12.8. The Labute approximate surface area is 219 Å². The SMILES string of the molecule is Cc1c(CN2CCC(Nc3ccnc(CCC(F)(F)F)c3)CC2)ccc2c1cc(C#N)n2Cc1cn[nH]c1. The van der Waals surface area contributed by atoms with E-state index in [-0.39, 0.29) is 12.5 Å². The molecule has 0 amide bonds. The van der Waals surface area contributed by atoms with Gasteiger partial charge in [0.2, 0.25) is 0 Å². The number of nitrogens with one attached hydrogen (secondary N) is 2. The molecule has 0 spiro atoms. The van der Waals surface area contributed by atoms with E-state index in [2.05, 4.69) is 50.5 Å². The fourth-order valence-corrected chi connectivity index (χ4v) is 5.19. The molecule has 5 rings (SSSR count). The minimum atomic E-state index is -4.18. The summed E-state index contributed by atoms with van der Waals surface area (Å²) < 4.78 is 39.7. The summed E-state index contributed by atoms with van der Waals surface area (Å²) in [5, 5.41) is 21.1. The summed E-state index contributed by atoms with van der Waals surface area (Å²) in [5.41, 5.74) is 6.40. The van der Waals surface area contributed by atoms with Crippen molar-refractivity contribution < 1.29 is 13.2 Å². The summed E-state index contributed by atoms with van der Waals surface area (Å²) in [6.45, 7) is 5.39. The molecule has 1 fully saturated rings. The number of nitrogens with zero attached hydrogens (tertiary/aromatic N) is 5. The van der Waals surface area contributed by atoms with Crippen molar-refractivity contribution in [2.75, 3.05) is 18.4 Å². The maximum atomic E-state index is 12.5. The van der Waals surface area contributed by atoms with Crippen molar-refractivity contribution in [3.8, 4) is 6.07 Å². The number of aromatic nitrogens is 4. The summed E-state index contributed by atoms with van der Waals surface area (Å²) in [7, 11) is 0. The zero-order valence-corrected chi connectivity index (χ0v) is 21.2. The third kappa shape index (κ3) is 6.00. The van der Waals surface area contributed by atoms with Gasteiger partial charge in [-0.05, 0) is 61.6 Å². The zero-order chi connectivity index (χ0) is 26.7. The molecule has 4 heterocycles. The van der Waals surface area contributed by atoms with Gasteiger partial charge >= 0.3 is 6.18 Å². The molecule has 0 bridgehead atoms. The number of pyridine rings is 1. The molecule has 0 aliphatic carbocycles. The average Bonchev–Trinajstić information content (AvgIpc) is 3.54. The van der Waals surface area contributed by atoms with Crippen LogP contribution in [0.2, 0.25) is 0 Å². The number of fused-ring (bicyclic) bond motifs is 1. The van der Waals surface area contributed by atoms with Gasteiger partial charge < -0.3 is 9.88 Å². The Morgan fingerprint density at radius 2 is 1.97 bits per heavy atom. The number of anilines is 1. The van der Waals surface area contributed by atoms with Gasteiger partial charge in [0.15, 0.2) is 0 Å². The second-order valence-corrected chi connectivity index (χ2v) is 9.96. The molecule has 1 aliphatic heterocycles. The first kappa shape index (κ1) is 25.8. The molecule has 10 heteroatoms. The molecule has 0 radical (unpaired) electrons. The third-order valence-corrected chi connectivity index (χ3v) is 7.31. The molecular weight excluding hydrogens is 491 g/mol. The van der Waals surface area contributed by atoms with Crippen LogP contribution in [-0.2, 0) is 19.5 Å². The first-order chi connectivity index (χ1) is 18.3. The van der Waals surface area contributed by atoms with Crippen molar-refractivity contribution in [3.63, 3.8) is 0 Å². The van der Waals surface area contributed by atoms with Crippen molar-refractivity contribution in [2.24, 2.45) is 0 Å². The van der Waals surface area contributed by atoms with Crippen LogP contribution in [0.4, 0.5) is 18.9 Å².